The molecule has 0 spiro atoms. The monoisotopic (exact) mass is 122 g/mol. The molecule has 0 saturated heterocycles. The van der Waals surface area contributed by atoms with Crippen molar-refractivity contribution in [3.63, 3.8) is 0 Å². The molecule has 0 rings (SSSR count). The van der Waals surface area contributed by atoms with Crippen LogP contribution in [0.25, 0.3) is 0 Å². The summed E-state index contributed by atoms with van der Waals surface area (Å²) in [5, 5.41) is 0. The summed E-state index contributed by atoms with van der Waals surface area (Å²) in [7, 11) is -0.833. The number of hydrogen-bond acceptors (Lipinski definition) is 1. The first-order chi connectivity index (χ1) is 3.33. The predicted molar refractivity (Wildman–Crippen MR) is 30.4 cm³/mol. The molecule has 0 amide bonds. The first kappa shape index (κ1) is 10.1. The third-order valence-electron chi connectivity index (χ3n) is 0.500. The molecular formula is C4H11O2P. The van der Waals surface area contributed by atoms with Crippen LogP contribution >= 0.6 is 8.69 Å². The van der Waals surface area contributed by atoms with Gasteiger partial charge in [-0.2, -0.15) is 0 Å². The second-order valence-corrected chi connectivity index (χ2v) is 1.24. The largest absolute Gasteiger partial charge is 0.324 e. The molecule has 7 heavy (non-hydrogen) atoms. The van der Waals surface area contributed by atoms with Crippen LogP contribution in [-0.2, 0) is 4.57 Å². The zero-order chi connectivity index (χ0) is 6.12. The van der Waals surface area contributed by atoms with E-state index >= 15 is 0 Å². The number of unbranched alkanes of at least 4 members (excludes halogenated alkanes) is 1. The van der Waals surface area contributed by atoms with Gasteiger partial charge >= 0.3 is 8.69 Å². The summed E-state index contributed by atoms with van der Waals surface area (Å²) in [5.74, 6) is 0. The van der Waals surface area contributed by atoms with E-state index < -0.39 is 8.69 Å². The Hall–Kier alpha value is 0.0600. The Kier molecular flexibility index (Phi) is 24.0. The Morgan fingerprint density at radius 1 is 1.43 bits per heavy atom. The summed E-state index contributed by atoms with van der Waals surface area (Å²) >= 11 is 0. The molecule has 0 unspecified atom stereocenters. The lowest BCUT2D eigenvalue weighted by atomic mass is 10.4. The van der Waals surface area contributed by atoms with Crippen molar-refractivity contribution < 1.29 is 9.46 Å². The van der Waals surface area contributed by atoms with Gasteiger partial charge < -0.3 is 4.89 Å². The molecule has 0 aliphatic carbocycles. The highest BCUT2D eigenvalue weighted by Gasteiger charge is 1.56. The third-order valence-corrected chi connectivity index (χ3v) is 0.500. The minimum atomic E-state index is -0.833. The van der Waals surface area contributed by atoms with E-state index in [1.165, 1.54) is 12.8 Å². The highest BCUT2D eigenvalue weighted by Crippen LogP contribution is 1.76. The molecule has 0 aliphatic heterocycles. The third kappa shape index (κ3) is 88.9. The second-order valence-electron chi connectivity index (χ2n) is 1.08. The Morgan fingerprint density at radius 3 is 1.57 bits per heavy atom. The molecule has 2 nitrogen and oxygen atoms in total. The van der Waals surface area contributed by atoms with Crippen LogP contribution in [0.2, 0.25) is 0 Å². The lowest BCUT2D eigenvalue weighted by molar-refractivity contribution is 0.524. The molecule has 0 aliphatic rings. The average Bonchev–Trinajstić information content (AvgIpc) is 1.69. The summed E-state index contributed by atoms with van der Waals surface area (Å²) in [6.45, 7) is 4.36. The Bertz CT molecular complexity index is 28.9. The molecule has 0 fully saturated rings. The molecule has 44 valence electrons. The first-order valence-electron chi connectivity index (χ1n) is 2.30. The van der Waals surface area contributed by atoms with Gasteiger partial charge in [0.15, 0.2) is 0 Å². The number of hydrogen-bond donors (Lipinski definition) is 1. The summed E-state index contributed by atoms with van der Waals surface area (Å²) < 4.78 is 8.46. The molecule has 0 heterocycles. The van der Waals surface area contributed by atoms with Crippen LogP contribution in [0.3, 0.4) is 0 Å². The van der Waals surface area contributed by atoms with Crippen LogP contribution in [0.1, 0.15) is 26.7 Å². The molecule has 0 bridgehead atoms. The Balaban J connectivity index is 0. The van der Waals surface area contributed by atoms with E-state index in [0.29, 0.717) is 0 Å². The van der Waals surface area contributed by atoms with Gasteiger partial charge in [-0.3, -0.25) is 0 Å². The van der Waals surface area contributed by atoms with Gasteiger partial charge in [-0.05, 0) is 0 Å². The highest BCUT2D eigenvalue weighted by atomic mass is 31.1. The van der Waals surface area contributed by atoms with Crippen molar-refractivity contribution in [2.24, 2.45) is 0 Å². The van der Waals surface area contributed by atoms with E-state index in [1.54, 1.807) is 0 Å². The molecule has 0 radical (unpaired) electrons. The maximum Gasteiger partial charge on any atom is 0.324 e. The summed E-state index contributed by atoms with van der Waals surface area (Å²) in [4.78, 5) is 6.99. The van der Waals surface area contributed by atoms with Gasteiger partial charge in [-0.1, -0.05) is 26.7 Å². The second kappa shape index (κ2) is 16.6. The van der Waals surface area contributed by atoms with Gasteiger partial charge in [0.2, 0.25) is 0 Å². The smallest absolute Gasteiger partial charge is 0.310 e. The van der Waals surface area contributed by atoms with E-state index in [0.717, 1.165) is 0 Å². The highest BCUT2D eigenvalue weighted by molar-refractivity contribution is 7.16. The van der Waals surface area contributed by atoms with Gasteiger partial charge in [0.05, 0.1) is 0 Å². The van der Waals surface area contributed by atoms with Crippen LogP contribution in [0.5, 0.6) is 0 Å². The summed E-state index contributed by atoms with van der Waals surface area (Å²) in [6.07, 6.45) is 2.64. The molecule has 0 aromatic heterocycles. The topological polar surface area (TPSA) is 37.3 Å². The maximum absolute atomic E-state index is 8.46. The molecular weight excluding hydrogens is 111 g/mol. The molecule has 3 heteroatoms. The number of rotatable bonds is 1. The lowest BCUT2D eigenvalue weighted by Crippen LogP contribution is -1.47. The lowest BCUT2D eigenvalue weighted by Gasteiger charge is -1.68. The van der Waals surface area contributed by atoms with Crippen molar-refractivity contribution in [1.29, 1.82) is 0 Å². The van der Waals surface area contributed by atoms with Gasteiger partial charge in [0.1, 0.15) is 0 Å². The SMILES string of the molecule is CCCC.O=PO. The maximum atomic E-state index is 8.46. The zero-order valence-electron chi connectivity index (χ0n) is 4.72. The average molecular weight is 122 g/mol. The van der Waals surface area contributed by atoms with Gasteiger partial charge in [0, 0.05) is 0 Å². The van der Waals surface area contributed by atoms with Crippen LogP contribution in [0, 0.1) is 0 Å². The van der Waals surface area contributed by atoms with Crippen molar-refractivity contribution in [3.05, 3.63) is 0 Å². The minimum Gasteiger partial charge on any atom is -0.310 e. The van der Waals surface area contributed by atoms with Crippen molar-refractivity contribution in [1.82, 2.24) is 0 Å². The normalized spacial score (nSPS) is 7.29. The van der Waals surface area contributed by atoms with E-state index in [4.69, 9.17) is 9.46 Å². The fraction of sp³-hybridized carbons (Fsp3) is 1.00. The minimum absolute atomic E-state index is 0.833. The van der Waals surface area contributed by atoms with E-state index in [9.17, 15) is 0 Å². The van der Waals surface area contributed by atoms with Gasteiger partial charge in [-0.25, -0.2) is 4.57 Å². The van der Waals surface area contributed by atoms with Crippen LogP contribution in [0.4, 0.5) is 0 Å². The molecule has 1 N–H and O–H groups in total. The molecule has 0 aromatic carbocycles. The van der Waals surface area contributed by atoms with E-state index in [2.05, 4.69) is 13.8 Å². The van der Waals surface area contributed by atoms with Crippen molar-refractivity contribution in [3.8, 4) is 0 Å². The molecule has 0 atom stereocenters. The van der Waals surface area contributed by atoms with E-state index in [1.807, 2.05) is 0 Å². The molecule has 0 saturated carbocycles. The van der Waals surface area contributed by atoms with Crippen molar-refractivity contribution in [2.75, 3.05) is 0 Å². The summed E-state index contributed by atoms with van der Waals surface area (Å²) in [5.41, 5.74) is 0. The zero-order valence-corrected chi connectivity index (χ0v) is 5.61. The predicted octanol–water partition coefficient (Wildman–Crippen LogP) is 1.99. The Morgan fingerprint density at radius 2 is 1.57 bits per heavy atom. The van der Waals surface area contributed by atoms with Gasteiger partial charge in [0.25, 0.3) is 0 Å². The van der Waals surface area contributed by atoms with Crippen LogP contribution < -0.4 is 0 Å². The Labute approximate surface area is 45.8 Å². The van der Waals surface area contributed by atoms with Crippen LogP contribution in [-0.4, -0.2) is 4.89 Å². The van der Waals surface area contributed by atoms with Crippen molar-refractivity contribution in [2.45, 2.75) is 26.7 Å². The fourth-order valence-corrected chi connectivity index (χ4v) is 0. The summed E-state index contributed by atoms with van der Waals surface area (Å²) in [6, 6.07) is 0. The van der Waals surface area contributed by atoms with E-state index in [-0.39, 0.29) is 0 Å². The van der Waals surface area contributed by atoms with Crippen LogP contribution in [0.15, 0.2) is 0 Å². The van der Waals surface area contributed by atoms with Gasteiger partial charge in [-0.15, -0.1) is 0 Å². The fourth-order valence-electron chi connectivity index (χ4n) is 0. The quantitative estimate of drug-likeness (QED) is 0.540. The standard InChI is InChI=1S/C4H10.HO2P/c1-3-4-2;1-3-2/h3-4H2,1-2H3;(H,1,2). The first-order valence-corrected chi connectivity index (χ1v) is 3.06. The molecule has 0 aromatic rings. The van der Waals surface area contributed by atoms with Crippen molar-refractivity contribution >= 4 is 8.69 Å².